The Balaban J connectivity index is 1.98. The molecule has 0 amide bonds. The molecular formula is C14H18N2O3S2. The van der Waals surface area contributed by atoms with E-state index >= 15 is 0 Å². The summed E-state index contributed by atoms with van der Waals surface area (Å²) in [5.74, 6) is 1.46. The number of nitrogens with zero attached hydrogens (tertiary/aromatic N) is 1. The van der Waals surface area contributed by atoms with Gasteiger partial charge in [0, 0.05) is 6.54 Å². The first-order valence-corrected chi connectivity index (χ1v) is 9.28. The molecule has 1 fully saturated rings. The fraction of sp³-hybridized carbons (Fsp3) is 0.500. The van der Waals surface area contributed by atoms with E-state index in [0.29, 0.717) is 24.3 Å². The van der Waals surface area contributed by atoms with E-state index in [1.54, 1.807) is 0 Å². The molecule has 1 aliphatic heterocycles. The zero-order chi connectivity index (χ0) is 15.0. The number of aromatic nitrogens is 2. The minimum absolute atomic E-state index is 0.136. The van der Waals surface area contributed by atoms with Crippen LogP contribution >= 0.6 is 12.2 Å². The van der Waals surface area contributed by atoms with E-state index in [1.165, 1.54) is 0 Å². The fourth-order valence-electron chi connectivity index (χ4n) is 2.89. The predicted octanol–water partition coefficient (Wildman–Crippen LogP) is 2.53. The molecule has 1 saturated heterocycles. The summed E-state index contributed by atoms with van der Waals surface area (Å²) in [6, 6.07) is 5.81. The maximum Gasteiger partial charge on any atom is 0.178 e. The van der Waals surface area contributed by atoms with Gasteiger partial charge in [-0.2, -0.15) is 0 Å². The molecule has 0 saturated carbocycles. The van der Waals surface area contributed by atoms with Gasteiger partial charge in [-0.15, -0.1) is 0 Å². The number of H-pyrrole nitrogens is 1. The quantitative estimate of drug-likeness (QED) is 0.877. The van der Waals surface area contributed by atoms with Crippen molar-refractivity contribution in [3.8, 4) is 5.75 Å². The first-order chi connectivity index (χ1) is 10.00. The minimum Gasteiger partial charge on any atom is -0.492 e. The molecule has 1 atom stereocenters. The first kappa shape index (κ1) is 14.6. The lowest BCUT2D eigenvalue weighted by Crippen LogP contribution is -2.12. The number of fused-ring (bicyclic) bond motifs is 1. The van der Waals surface area contributed by atoms with Crippen LogP contribution in [0.25, 0.3) is 11.0 Å². The average Bonchev–Trinajstić information content (AvgIpc) is 2.92. The summed E-state index contributed by atoms with van der Waals surface area (Å²) in [6.07, 6.45) is 0.710. The second-order valence-corrected chi connectivity index (χ2v) is 8.01. The molecule has 1 unspecified atom stereocenters. The molecular weight excluding hydrogens is 308 g/mol. The molecule has 5 nitrogen and oxygen atoms in total. The SMILES string of the molecule is CCOc1cccc2c1[nH]c(=S)n2CC1CCS(=O)(=O)C1. The van der Waals surface area contributed by atoms with Gasteiger partial charge in [0.15, 0.2) is 14.6 Å². The summed E-state index contributed by atoms with van der Waals surface area (Å²) < 4.78 is 31.4. The van der Waals surface area contributed by atoms with Crippen LogP contribution in [0.15, 0.2) is 18.2 Å². The number of benzene rings is 1. The highest BCUT2D eigenvalue weighted by Crippen LogP contribution is 2.27. The molecule has 0 radical (unpaired) electrons. The summed E-state index contributed by atoms with van der Waals surface area (Å²) in [4.78, 5) is 3.18. The highest BCUT2D eigenvalue weighted by Gasteiger charge is 2.28. The molecule has 0 aliphatic carbocycles. The molecule has 114 valence electrons. The van der Waals surface area contributed by atoms with Crippen molar-refractivity contribution in [2.24, 2.45) is 5.92 Å². The van der Waals surface area contributed by atoms with Gasteiger partial charge in [0.25, 0.3) is 0 Å². The highest BCUT2D eigenvalue weighted by molar-refractivity contribution is 7.91. The Morgan fingerprint density at radius 3 is 2.95 bits per heavy atom. The zero-order valence-electron chi connectivity index (χ0n) is 11.8. The second kappa shape index (κ2) is 5.46. The number of hydrogen-bond acceptors (Lipinski definition) is 4. The van der Waals surface area contributed by atoms with E-state index in [0.717, 1.165) is 16.8 Å². The molecule has 1 N–H and O–H groups in total. The number of aromatic amines is 1. The Morgan fingerprint density at radius 2 is 2.29 bits per heavy atom. The van der Waals surface area contributed by atoms with Crippen LogP contribution in [-0.2, 0) is 16.4 Å². The molecule has 1 aromatic heterocycles. The van der Waals surface area contributed by atoms with Gasteiger partial charge in [0.05, 0.1) is 23.6 Å². The van der Waals surface area contributed by atoms with E-state index in [4.69, 9.17) is 17.0 Å². The van der Waals surface area contributed by atoms with Crippen LogP contribution in [0.5, 0.6) is 5.75 Å². The molecule has 1 aliphatic rings. The lowest BCUT2D eigenvalue weighted by Gasteiger charge is -2.10. The van der Waals surface area contributed by atoms with Crippen LogP contribution in [0.2, 0.25) is 0 Å². The van der Waals surface area contributed by atoms with E-state index in [1.807, 2.05) is 29.7 Å². The van der Waals surface area contributed by atoms with Gasteiger partial charge in [-0.3, -0.25) is 0 Å². The predicted molar refractivity (Wildman–Crippen MR) is 85.1 cm³/mol. The van der Waals surface area contributed by atoms with E-state index in [2.05, 4.69) is 4.98 Å². The summed E-state index contributed by atoms with van der Waals surface area (Å²) >= 11 is 5.39. The summed E-state index contributed by atoms with van der Waals surface area (Å²) in [5.41, 5.74) is 1.85. The van der Waals surface area contributed by atoms with Crippen molar-refractivity contribution in [2.45, 2.75) is 19.9 Å². The van der Waals surface area contributed by atoms with Crippen molar-refractivity contribution < 1.29 is 13.2 Å². The van der Waals surface area contributed by atoms with Crippen LogP contribution in [0.4, 0.5) is 0 Å². The maximum absolute atomic E-state index is 11.6. The van der Waals surface area contributed by atoms with Gasteiger partial charge in [0.2, 0.25) is 0 Å². The molecule has 2 aromatic rings. The summed E-state index contributed by atoms with van der Waals surface area (Å²) in [6.45, 7) is 3.16. The Morgan fingerprint density at radius 1 is 1.48 bits per heavy atom. The van der Waals surface area contributed by atoms with E-state index < -0.39 is 9.84 Å². The Kier molecular flexibility index (Phi) is 3.79. The summed E-state index contributed by atoms with van der Waals surface area (Å²) in [5, 5.41) is 0. The van der Waals surface area contributed by atoms with Crippen molar-refractivity contribution in [3.63, 3.8) is 0 Å². The largest absolute Gasteiger partial charge is 0.492 e. The van der Waals surface area contributed by atoms with E-state index in [9.17, 15) is 8.42 Å². The Hall–Kier alpha value is -1.34. The normalized spacial score (nSPS) is 20.9. The molecule has 0 spiro atoms. The Bertz CT molecular complexity index is 820. The number of ether oxygens (including phenoxy) is 1. The molecule has 21 heavy (non-hydrogen) atoms. The summed E-state index contributed by atoms with van der Waals surface area (Å²) in [7, 11) is -2.86. The van der Waals surface area contributed by atoms with Gasteiger partial charge in [-0.1, -0.05) is 6.07 Å². The number of hydrogen-bond donors (Lipinski definition) is 1. The third-order valence-electron chi connectivity index (χ3n) is 3.84. The Labute approximate surface area is 128 Å². The lowest BCUT2D eigenvalue weighted by atomic mass is 10.1. The van der Waals surface area contributed by atoms with Gasteiger partial charge in [0.1, 0.15) is 11.3 Å². The molecule has 1 aromatic carbocycles. The average molecular weight is 326 g/mol. The van der Waals surface area contributed by atoms with Crippen LogP contribution in [0.3, 0.4) is 0 Å². The lowest BCUT2D eigenvalue weighted by molar-refractivity contribution is 0.343. The standard InChI is InChI=1S/C14H18N2O3S2/c1-2-19-12-5-3-4-11-13(12)15-14(20)16(11)8-10-6-7-21(17,18)9-10/h3-5,10H,2,6-9H2,1H3,(H,15,20). The van der Waals surface area contributed by atoms with Crippen LogP contribution in [0, 0.1) is 10.7 Å². The zero-order valence-corrected chi connectivity index (χ0v) is 13.5. The van der Waals surface area contributed by atoms with Gasteiger partial charge < -0.3 is 14.3 Å². The highest BCUT2D eigenvalue weighted by atomic mass is 32.2. The topological polar surface area (TPSA) is 64.1 Å². The van der Waals surface area contributed by atoms with E-state index in [-0.39, 0.29) is 17.4 Å². The van der Waals surface area contributed by atoms with Crippen molar-refractivity contribution in [3.05, 3.63) is 23.0 Å². The van der Waals surface area contributed by atoms with Crippen LogP contribution in [-0.4, -0.2) is 36.1 Å². The second-order valence-electron chi connectivity index (χ2n) is 5.39. The van der Waals surface area contributed by atoms with Gasteiger partial charge >= 0.3 is 0 Å². The van der Waals surface area contributed by atoms with Crippen LogP contribution < -0.4 is 4.74 Å². The third-order valence-corrected chi connectivity index (χ3v) is 6.00. The molecule has 3 rings (SSSR count). The third kappa shape index (κ3) is 2.85. The minimum atomic E-state index is -2.86. The fourth-order valence-corrected chi connectivity index (χ4v) is 5.01. The number of para-hydroxylation sites is 1. The van der Waals surface area contributed by atoms with Crippen molar-refractivity contribution in [2.75, 3.05) is 18.1 Å². The van der Waals surface area contributed by atoms with Crippen molar-refractivity contribution in [1.29, 1.82) is 0 Å². The number of rotatable bonds is 4. The molecule has 7 heteroatoms. The maximum atomic E-state index is 11.6. The molecule has 0 bridgehead atoms. The van der Waals surface area contributed by atoms with Crippen molar-refractivity contribution in [1.82, 2.24) is 9.55 Å². The monoisotopic (exact) mass is 326 g/mol. The number of imidazole rings is 1. The number of nitrogens with one attached hydrogen (secondary N) is 1. The smallest absolute Gasteiger partial charge is 0.178 e. The first-order valence-electron chi connectivity index (χ1n) is 7.05. The van der Waals surface area contributed by atoms with Gasteiger partial charge in [-0.25, -0.2) is 8.42 Å². The van der Waals surface area contributed by atoms with Gasteiger partial charge in [-0.05, 0) is 43.6 Å². The van der Waals surface area contributed by atoms with Crippen LogP contribution in [0.1, 0.15) is 13.3 Å². The number of sulfone groups is 1. The molecule has 2 heterocycles. The van der Waals surface area contributed by atoms with Crippen molar-refractivity contribution >= 4 is 33.1 Å².